The van der Waals surface area contributed by atoms with Crippen molar-refractivity contribution < 1.29 is 0 Å². The van der Waals surface area contributed by atoms with E-state index in [1.165, 1.54) is 38.1 Å². The second kappa shape index (κ2) is 8.39. The summed E-state index contributed by atoms with van der Waals surface area (Å²) >= 11 is 3.84. The van der Waals surface area contributed by atoms with Crippen molar-refractivity contribution in [1.29, 1.82) is 0 Å². The minimum Gasteiger partial charge on any atom is -0.378 e. The number of nitrogens with zero attached hydrogens (tertiary/aromatic N) is 1. The van der Waals surface area contributed by atoms with Gasteiger partial charge >= 0.3 is 0 Å². The molecule has 1 fully saturated rings. The molecule has 2 heterocycles. The van der Waals surface area contributed by atoms with Gasteiger partial charge in [0.1, 0.15) is 0 Å². The molecule has 2 nitrogen and oxygen atoms in total. The molecule has 0 spiro atoms. The van der Waals surface area contributed by atoms with Gasteiger partial charge in [0.15, 0.2) is 0 Å². The number of rotatable bonds is 3. The van der Waals surface area contributed by atoms with Crippen molar-refractivity contribution in [2.45, 2.75) is 31.5 Å². The summed E-state index contributed by atoms with van der Waals surface area (Å²) in [6.07, 6.45) is 1.09. The number of hydrogen-bond acceptors (Lipinski definition) is 2. The maximum Gasteiger partial charge on any atom is 0.0621 e. The number of hydrogen-bond donors (Lipinski definition) is 1. The third-order valence-electron chi connectivity index (χ3n) is 7.31. The summed E-state index contributed by atoms with van der Waals surface area (Å²) in [7, 11) is 0. The van der Waals surface area contributed by atoms with Crippen molar-refractivity contribution in [3.63, 3.8) is 0 Å². The Hall–Kier alpha value is -3.04. The van der Waals surface area contributed by atoms with Crippen molar-refractivity contribution in [3.8, 4) is 0 Å². The molecule has 0 bridgehead atoms. The second-order valence-electron chi connectivity index (χ2n) is 9.24. The van der Waals surface area contributed by atoms with Crippen molar-refractivity contribution in [2.75, 3.05) is 10.2 Å². The summed E-state index contributed by atoms with van der Waals surface area (Å²) < 4.78 is 1.17. The van der Waals surface area contributed by atoms with Gasteiger partial charge in [0.2, 0.25) is 0 Å². The molecule has 2 aliphatic rings. The van der Waals surface area contributed by atoms with Gasteiger partial charge in [-0.3, -0.25) is 0 Å². The Morgan fingerprint density at radius 1 is 0.758 bits per heavy atom. The number of para-hydroxylation sites is 2. The lowest BCUT2D eigenvalue weighted by atomic mass is 9.79. The molecule has 1 unspecified atom stereocenters. The van der Waals surface area contributed by atoms with E-state index in [1.54, 1.807) is 0 Å². The lowest BCUT2D eigenvalue weighted by Gasteiger charge is -2.41. The van der Waals surface area contributed by atoms with E-state index in [0.717, 1.165) is 6.42 Å². The van der Waals surface area contributed by atoms with Gasteiger partial charge in [-0.15, -0.1) is 0 Å². The fourth-order valence-electron chi connectivity index (χ4n) is 5.82. The van der Waals surface area contributed by atoms with E-state index in [2.05, 4.69) is 136 Å². The molecule has 4 aromatic carbocycles. The van der Waals surface area contributed by atoms with Gasteiger partial charge in [0.05, 0.1) is 18.1 Å². The smallest absolute Gasteiger partial charge is 0.0621 e. The van der Waals surface area contributed by atoms with Gasteiger partial charge in [-0.05, 0) is 54.3 Å². The van der Waals surface area contributed by atoms with Gasteiger partial charge in [-0.1, -0.05) is 100 Å². The number of aryl methyl sites for hydroxylation is 1. The van der Waals surface area contributed by atoms with Crippen LogP contribution in [0.3, 0.4) is 0 Å². The molecular formula is C30H27BrN2. The van der Waals surface area contributed by atoms with Crippen molar-refractivity contribution in [3.05, 3.63) is 130 Å². The van der Waals surface area contributed by atoms with Gasteiger partial charge in [-0.2, -0.15) is 0 Å². The maximum absolute atomic E-state index is 3.92. The van der Waals surface area contributed by atoms with Crippen molar-refractivity contribution >= 4 is 27.3 Å². The van der Waals surface area contributed by atoms with E-state index >= 15 is 0 Å². The summed E-state index contributed by atoms with van der Waals surface area (Å²) in [6.45, 7) is 2.16. The third-order valence-corrected chi connectivity index (χ3v) is 8.03. The van der Waals surface area contributed by atoms with E-state index < -0.39 is 0 Å². The minimum atomic E-state index is 0.238. The van der Waals surface area contributed by atoms with Gasteiger partial charge < -0.3 is 10.2 Å². The largest absolute Gasteiger partial charge is 0.378 e. The summed E-state index contributed by atoms with van der Waals surface area (Å²) in [5.74, 6) is 0.435. The predicted molar refractivity (Wildman–Crippen MR) is 141 cm³/mol. The normalized spacial score (nSPS) is 23.5. The molecule has 0 aromatic heterocycles. The first-order valence-corrected chi connectivity index (χ1v) is 12.5. The zero-order valence-corrected chi connectivity index (χ0v) is 20.2. The zero-order chi connectivity index (χ0) is 22.4. The molecule has 3 heteroatoms. The Morgan fingerprint density at radius 2 is 1.42 bits per heavy atom. The Kier molecular flexibility index (Phi) is 5.22. The Labute approximate surface area is 204 Å². The molecule has 6 rings (SSSR count). The highest BCUT2D eigenvalue weighted by atomic mass is 79.9. The standard InChI is InChI=1S/C30H27BrN2/c1-20-15-17-21(18-16-20)28-19-25-29(23-11-5-7-13-26(23)31)32-27-14-8-6-12-24(27)30(25)33(28)22-9-3-2-4-10-22/h2-18,25,28-30,32H,19H2,1H3/t25-,28?,29+,30+/m1/s1. The molecule has 1 saturated heterocycles. The van der Waals surface area contributed by atoms with Crippen LogP contribution in [0.2, 0.25) is 0 Å². The van der Waals surface area contributed by atoms with E-state index in [0.29, 0.717) is 18.0 Å². The van der Waals surface area contributed by atoms with Crippen LogP contribution in [-0.4, -0.2) is 0 Å². The molecule has 0 amide bonds. The van der Waals surface area contributed by atoms with Gasteiger partial charge in [-0.25, -0.2) is 0 Å². The highest BCUT2D eigenvalue weighted by molar-refractivity contribution is 9.10. The van der Waals surface area contributed by atoms with Crippen LogP contribution in [0.15, 0.2) is 108 Å². The van der Waals surface area contributed by atoms with Crippen LogP contribution in [-0.2, 0) is 0 Å². The predicted octanol–water partition coefficient (Wildman–Crippen LogP) is 8.23. The SMILES string of the molecule is Cc1ccc(C2C[C@@H]3[C@H](c4ccccc4Br)Nc4ccccc4[C@@H]3N2c2ccccc2)cc1. The summed E-state index contributed by atoms with van der Waals surface area (Å²) in [4.78, 5) is 2.68. The van der Waals surface area contributed by atoms with Crippen LogP contribution >= 0.6 is 15.9 Å². The van der Waals surface area contributed by atoms with Crippen LogP contribution in [0, 0.1) is 12.8 Å². The highest BCUT2D eigenvalue weighted by Gasteiger charge is 2.49. The fraction of sp³-hybridized carbons (Fsp3) is 0.200. The minimum absolute atomic E-state index is 0.238. The average molecular weight is 495 g/mol. The molecule has 1 N–H and O–H groups in total. The van der Waals surface area contributed by atoms with Crippen molar-refractivity contribution in [2.24, 2.45) is 5.92 Å². The fourth-order valence-corrected chi connectivity index (χ4v) is 6.35. The van der Waals surface area contributed by atoms with Crippen LogP contribution in [0.25, 0.3) is 0 Å². The number of halogens is 1. The van der Waals surface area contributed by atoms with Crippen LogP contribution in [0.1, 0.15) is 46.8 Å². The molecular weight excluding hydrogens is 468 g/mol. The molecule has 164 valence electrons. The monoisotopic (exact) mass is 494 g/mol. The first-order valence-electron chi connectivity index (χ1n) is 11.7. The summed E-state index contributed by atoms with van der Waals surface area (Å²) in [5, 5.41) is 3.92. The van der Waals surface area contributed by atoms with Crippen LogP contribution in [0.4, 0.5) is 11.4 Å². The lowest BCUT2D eigenvalue weighted by molar-refractivity contribution is 0.403. The number of fused-ring (bicyclic) bond motifs is 3. The number of anilines is 2. The molecule has 2 aliphatic heterocycles. The van der Waals surface area contributed by atoms with E-state index in [4.69, 9.17) is 0 Å². The van der Waals surface area contributed by atoms with Crippen LogP contribution in [0.5, 0.6) is 0 Å². The van der Waals surface area contributed by atoms with Gasteiger partial charge in [0.25, 0.3) is 0 Å². The second-order valence-corrected chi connectivity index (χ2v) is 10.1. The maximum atomic E-state index is 3.92. The lowest BCUT2D eigenvalue weighted by Crippen LogP contribution is -2.35. The molecule has 33 heavy (non-hydrogen) atoms. The molecule has 0 aliphatic carbocycles. The van der Waals surface area contributed by atoms with E-state index in [1.807, 2.05) is 0 Å². The van der Waals surface area contributed by atoms with Crippen LogP contribution < -0.4 is 10.2 Å². The Morgan fingerprint density at radius 3 is 2.18 bits per heavy atom. The molecule has 4 aromatic rings. The Balaban J connectivity index is 1.54. The highest BCUT2D eigenvalue weighted by Crippen LogP contribution is 2.58. The number of benzene rings is 4. The molecule has 4 atom stereocenters. The first kappa shape index (κ1) is 20.6. The zero-order valence-electron chi connectivity index (χ0n) is 18.7. The van der Waals surface area contributed by atoms with Crippen molar-refractivity contribution in [1.82, 2.24) is 0 Å². The Bertz CT molecular complexity index is 1270. The quantitative estimate of drug-likeness (QED) is 0.308. The van der Waals surface area contributed by atoms with Gasteiger partial charge in [0, 0.05) is 21.8 Å². The average Bonchev–Trinajstić information content (AvgIpc) is 3.26. The first-order chi connectivity index (χ1) is 16.2. The summed E-state index contributed by atoms with van der Waals surface area (Å²) in [5.41, 5.74) is 7.95. The molecule has 0 saturated carbocycles. The molecule has 0 radical (unpaired) electrons. The third kappa shape index (κ3) is 3.55. The number of nitrogens with one attached hydrogen (secondary N) is 1. The van der Waals surface area contributed by atoms with E-state index in [9.17, 15) is 0 Å². The topological polar surface area (TPSA) is 15.3 Å². The summed E-state index contributed by atoms with van der Waals surface area (Å²) in [6, 6.07) is 38.5. The van der Waals surface area contributed by atoms with E-state index in [-0.39, 0.29) is 6.04 Å².